The van der Waals surface area contributed by atoms with Crippen LogP contribution in [-0.4, -0.2) is 88.7 Å². The summed E-state index contributed by atoms with van der Waals surface area (Å²) in [7, 11) is 1.76. The minimum absolute atomic E-state index is 0.00241. The molecule has 1 aromatic carbocycles. The molecule has 2 saturated heterocycles. The molecule has 298 valence electrons. The predicted octanol–water partition coefficient (Wildman–Crippen LogP) is 8.24. The summed E-state index contributed by atoms with van der Waals surface area (Å²) >= 11 is 0. The SMILES string of the molecule is CCCCCCCCC[C@H](OC(=O)C1CCCN1C(=O)C(C)=C[C@H](C(C)C)N(C)C(=O)[C@@H](NC(=O)[C@H]1CCCCN1C(C)C)C(C)C)c1ccccc1. The van der Waals surface area contributed by atoms with Crippen molar-refractivity contribution in [2.45, 2.75) is 175 Å². The molecule has 9 heteroatoms. The van der Waals surface area contributed by atoms with E-state index in [4.69, 9.17) is 4.74 Å². The zero-order valence-corrected chi connectivity index (χ0v) is 34.6. The van der Waals surface area contributed by atoms with Gasteiger partial charge in [-0.05, 0) is 83.2 Å². The average Bonchev–Trinajstić information content (AvgIpc) is 3.64. The molecule has 53 heavy (non-hydrogen) atoms. The van der Waals surface area contributed by atoms with Gasteiger partial charge in [0.05, 0.1) is 12.1 Å². The van der Waals surface area contributed by atoms with Crippen molar-refractivity contribution < 1.29 is 23.9 Å². The van der Waals surface area contributed by atoms with Crippen LogP contribution in [0.5, 0.6) is 0 Å². The van der Waals surface area contributed by atoms with Crippen molar-refractivity contribution in [1.29, 1.82) is 0 Å². The summed E-state index contributed by atoms with van der Waals surface area (Å²) in [6.07, 6.45) is 14.7. The number of hydrogen-bond acceptors (Lipinski definition) is 6. The fourth-order valence-corrected chi connectivity index (χ4v) is 8.01. The molecule has 1 unspecified atom stereocenters. The van der Waals surface area contributed by atoms with Crippen LogP contribution in [0, 0.1) is 11.8 Å². The number of likely N-dealkylation sites (tertiary alicyclic amines) is 2. The molecule has 1 aromatic rings. The van der Waals surface area contributed by atoms with Crippen LogP contribution in [0.3, 0.4) is 0 Å². The molecule has 0 bridgehead atoms. The standard InChI is InChI=1S/C44H72N4O5/c1-10-11-12-13-14-15-19-27-39(35-23-17-16-18-24-35)53-44(52)37-26-22-29-48(37)42(50)34(8)30-38(31(2)3)46(9)43(51)40(32(4)5)45-41(49)36-25-20-21-28-47(36)33(6)7/h16-18,23-24,30-33,36-40H,10-15,19-22,25-29H2,1-9H3,(H,45,49)/t36-,37?,38-,39+,40+/m1/s1. The zero-order valence-electron chi connectivity index (χ0n) is 34.6. The molecule has 0 saturated carbocycles. The second kappa shape index (κ2) is 22.2. The van der Waals surface area contributed by atoms with E-state index in [2.05, 4.69) is 31.0 Å². The van der Waals surface area contributed by atoms with Crippen molar-refractivity contribution in [1.82, 2.24) is 20.0 Å². The summed E-state index contributed by atoms with van der Waals surface area (Å²) in [5, 5.41) is 3.12. The second-order valence-corrected chi connectivity index (χ2v) is 16.5. The molecule has 2 aliphatic heterocycles. The van der Waals surface area contributed by atoms with Crippen molar-refractivity contribution >= 4 is 23.7 Å². The number of nitrogens with one attached hydrogen (secondary N) is 1. The Hall–Kier alpha value is -3.20. The number of nitrogens with zero attached hydrogens (tertiary/aromatic N) is 3. The minimum atomic E-state index is -0.689. The number of carbonyl (C=O) groups excluding carboxylic acids is 4. The van der Waals surface area contributed by atoms with E-state index in [-0.39, 0.29) is 59.8 Å². The quantitative estimate of drug-likeness (QED) is 0.0823. The normalized spacial score (nSPS) is 20.1. The average molecular weight is 737 g/mol. The Kier molecular flexibility index (Phi) is 18.5. The van der Waals surface area contributed by atoms with Gasteiger partial charge in [0.25, 0.3) is 0 Å². The lowest BCUT2D eigenvalue weighted by Crippen LogP contribution is -2.58. The second-order valence-electron chi connectivity index (χ2n) is 16.5. The molecular weight excluding hydrogens is 665 g/mol. The van der Waals surface area contributed by atoms with Gasteiger partial charge in [0, 0.05) is 25.2 Å². The summed E-state index contributed by atoms with van der Waals surface area (Å²) in [6, 6.07) is 8.22. The number of carbonyl (C=O) groups is 4. The van der Waals surface area contributed by atoms with Gasteiger partial charge in [-0.25, -0.2) is 4.79 Å². The largest absolute Gasteiger partial charge is 0.456 e. The van der Waals surface area contributed by atoms with Crippen LogP contribution in [-0.2, 0) is 23.9 Å². The van der Waals surface area contributed by atoms with Gasteiger partial charge in [-0.2, -0.15) is 0 Å². The van der Waals surface area contributed by atoms with E-state index in [1.165, 1.54) is 32.1 Å². The van der Waals surface area contributed by atoms with Gasteiger partial charge in [0.1, 0.15) is 18.2 Å². The topological polar surface area (TPSA) is 99.3 Å². The first-order valence-electron chi connectivity index (χ1n) is 20.9. The number of amides is 3. The molecule has 2 aliphatic rings. The maximum absolute atomic E-state index is 14.1. The Balaban J connectivity index is 1.70. The summed E-state index contributed by atoms with van der Waals surface area (Å²) in [6.45, 7) is 17.5. The van der Waals surface area contributed by atoms with E-state index in [9.17, 15) is 19.2 Å². The first-order valence-corrected chi connectivity index (χ1v) is 20.9. The highest BCUT2D eigenvalue weighted by molar-refractivity contribution is 5.96. The minimum Gasteiger partial charge on any atom is -0.456 e. The molecule has 0 aromatic heterocycles. The molecule has 0 aliphatic carbocycles. The van der Waals surface area contributed by atoms with E-state index in [0.29, 0.717) is 18.5 Å². The predicted molar refractivity (Wildman–Crippen MR) is 214 cm³/mol. The highest BCUT2D eigenvalue weighted by Gasteiger charge is 2.39. The molecule has 2 heterocycles. The monoisotopic (exact) mass is 737 g/mol. The fourth-order valence-electron chi connectivity index (χ4n) is 8.01. The van der Waals surface area contributed by atoms with E-state index in [1.807, 2.05) is 64.1 Å². The molecule has 0 spiro atoms. The van der Waals surface area contributed by atoms with Crippen molar-refractivity contribution in [3.05, 3.63) is 47.5 Å². The molecule has 3 rings (SSSR count). The third kappa shape index (κ3) is 13.0. The van der Waals surface area contributed by atoms with Gasteiger partial charge < -0.3 is 19.9 Å². The summed E-state index contributed by atoms with van der Waals surface area (Å²) < 4.78 is 6.22. The Morgan fingerprint density at radius 1 is 0.849 bits per heavy atom. The first-order chi connectivity index (χ1) is 25.3. The van der Waals surface area contributed by atoms with Crippen molar-refractivity contribution in [2.24, 2.45) is 11.8 Å². The Morgan fingerprint density at radius 2 is 1.49 bits per heavy atom. The molecule has 1 N–H and O–H groups in total. The highest BCUT2D eigenvalue weighted by atomic mass is 16.5. The maximum atomic E-state index is 14.1. The van der Waals surface area contributed by atoms with E-state index in [1.54, 1.807) is 23.8 Å². The van der Waals surface area contributed by atoms with E-state index in [0.717, 1.165) is 57.1 Å². The fraction of sp³-hybridized carbons (Fsp3) is 0.727. The number of piperidine rings is 1. The molecule has 0 radical (unpaired) electrons. The maximum Gasteiger partial charge on any atom is 0.329 e. The number of likely N-dealkylation sites (N-methyl/N-ethyl adjacent to an activating group) is 1. The molecule has 3 amide bonds. The summed E-state index contributed by atoms with van der Waals surface area (Å²) in [4.78, 5) is 61.1. The van der Waals surface area contributed by atoms with Crippen LogP contribution in [0.25, 0.3) is 0 Å². The van der Waals surface area contributed by atoms with Gasteiger partial charge >= 0.3 is 5.97 Å². The van der Waals surface area contributed by atoms with Crippen molar-refractivity contribution in [3.8, 4) is 0 Å². The number of esters is 1. The molecule has 2 fully saturated rings. The molecular formula is C44H72N4O5. The molecule has 9 nitrogen and oxygen atoms in total. The molecule has 5 atom stereocenters. The third-order valence-electron chi connectivity index (χ3n) is 11.3. The van der Waals surface area contributed by atoms with Gasteiger partial charge in [-0.15, -0.1) is 0 Å². The highest BCUT2D eigenvalue weighted by Crippen LogP contribution is 2.29. The number of ether oxygens (including phenoxy) is 1. The number of unbranched alkanes of at least 4 members (excludes halogenated alkanes) is 6. The lowest BCUT2D eigenvalue weighted by molar-refractivity contribution is -0.158. The third-order valence-corrected chi connectivity index (χ3v) is 11.3. The number of hydrogen-bond donors (Lipinski definition) is 1. The van der Waals surface area contributed by atoms with Crippen LogP contribution in [0.4, 0.5) is 0 Å². The lowest BCUT2D eigenvalue weighted by Gasteiger charge is -2.39. The zero-order chi connectivity index (χ0) is 39.1. The van der Waals surface area contributed by atoms with Crippen molar-refractivity contribution in [3.63, 3.8) is 0 Å². The van der Waals surface area contributed by atoms with Gasteiger partial charge in [0.2, 0.25) is 17.7 Å². The van der Waals surface area contributed by atoms with E-state index < -0.39 is 12.1 Å². The van der Waals surface area contributed by atoms with Crippen LogP contribution >= 0.6 is 0 Å². The van der Waals surface area contributed by atoms with Crippen LogP contribution in [0.15, 0.2) is 42.0 Å². The Morgan fingerprint density at radius 3 is 2.11 bits per heavy atom. The lowest BCUT2D eigenvalue weighted by atomic mass is 9.95. The van der Waals surface area contributed by atoms with Crippen LogP contribution in [0.2, 0.25) is 0 Å². The van der Waals surface area contributed by atoms with Gasteiger partial charge in [-0.3, -0.25) is 19.3 Å². The van der Waals surface area contributed by atoms with Crippen LogP contribution in [0.1, 0.15) is 151 Å². The number of benzene rings is 1. The summed E-state index contributed by atoms with van der Waals surface area (Å²) in [5.41, 5.74) is 1.48. The first kappa shape index (κ1) is 44.2. The number of rotatable bonds is 20. The van der Waals surface area contributed by atoms with Gasteiger partial charge in [0.15, 0.2) is 0 Å². The smallest absolute Gasteiger partial charge is 0.329 e. The van der Waals surface area contributed by atoms with Crippen molar-refractivity contribution in [2.75, 3.05) is 20.1 Å². The summed E-state index contributed by atoms with van der Waals surface area (Å²) in [5.74, 6) is -0.942. The Labute approximate surface area is 321 Å². The van der Waals surface area contributed by atoms with E-state index >= 15 is 0 Å². The Bertz CT molecular complexity index is 1330. The van der Waals surface area contributed by atoms with Crippen LogP contribution < -0.4 is 5.32 Å². The van der Waals surface area contributed by atoms with Gasteiger partial charge in [-0.1, -0.05) is 116 Å².